The predicted octanol–water partition coefficient (Wildman–Crippen LogP) is 13.1. The first kappa shape index (κ1) is 39.6. The normalized spacial score (nSPS) is 12.5. The van der Waals surface area contributed by atoms with Crippen LogP contribution in [0, 0.1) is 16.9 Å². The number of aliphatic hydroxyl groups is 1. The number of allylic oxidation sites excluding steroid dienone is 2. The summed E-state index contributed by atoms with van der Waals surface area (Å²) in [4.78, 5) is 22.9. The molecule has 4 heterocycles. The number of rotatable bonds is 9. The molecule has 0 unspecified atom stereocenters. The Labute approximate surface area is 319 Å². The fraction of sp³-hybridized carbons (Fsp3) is 0.372. The van der Waals surface area contributed by atoms with Crippen molar-refractivity contribution in [1.82, 2.24) is 9.97 Å². The first-order valence-corrected chi connectivity index (χ1v) is 19.1. The summed E-state index contributed by atoms with van der Waals surface area (Å²) < 4.78 is 2.42. The molecular weight excluding hydrogens is 833 g/mol. The standard InChI is InChI=1S/C28H21N2S2.C15H28O2.Ir/c1-28(2,3)22-15-20(14-18-6-4-5-7-21(18)22)24-27-19(9-12-29-24)16-23(32-27)25-26-17(8-11-30-25)10-13-31-26;1-7-14(5,8-2)12(16)11-13(17)15(6,9-3)10-4;/h4-13,15-16H,1-3H3;11,16H,7-10H2,1-6H3;/q-1;;/b;12-11-;. The quantitative estimate of drug-likeness (QED) is 0.0893. The van der Waals surface area contributed by atoms with Gasteiger partial charge < -0.3 is 5.11 Å². The Morgan fingerprint density at radius 1 is 0.800 bits per heavy atom. The van der Waals surface area contributed by atoms with Gasteiger partial charge in [0.2, 0.25) is 0 Å². The number of nitrogens with zero attached hydrogens (tertiary/aromatic N) is 2. The molecule has 265 valence electrons. The summed E-state index contributed by atoms with van der Waals surface area (Å²) in [5.41, 5.74) is 3.85. The zero-order valence-electron chi connectivity index (χ0n) is 30.7. The maximum absolute atomic E-state index is 12.2. The first-order valence-electron chi connectivity index (χ1n) is 17.4. The van der Waals surface area contributed by atoms with E-state index in [0.29, 0.717) is 0 Å². The molecule has 0 aliphatic rings. The van der Waals surface area contributed by atoms with Crippen LogP contribution in [0.3, 0.4) is 0 Å². The number of aromatic nitrogens is 2. The molecule has 0 bridgehead atoms. The molecule has 0 aliphatic heterocycles. The van der Waals surface area contributed by atoms with Crippen molar-refractivity contribution in [2.45, 2.75) is 93.4 Å². The molecule has 7 heteroatoms. The molecule has 4 nitrogen and oxygen atoms in total. The first-order chi connectivity index (χ1) is 23.3. The van der Waals surface area contributed by atoms with Crippen LogP contribution in [0.15, 0.2) is 84.2 Å². The average Bonchev–Trinajstić information content (AvgIpc) is 3.78. The van der Waals surface area contributed by atoms with Crippen molar-refractivity contribution in [3.8, 4) is 21.8 Å². The van der Waals surface area contributed by atoms with Crippen molar-refractivity contribution in [3.05, 3.63) is 95.8 Å². The molecule has 0 aliphatic carbocycles. The van der Waals surface area contributed by atoms with E-state index in [4.69, 9.17) is 9.97 Å². The van der Waals surface area contributed by atoms with Crippen molar-refractivity contribution >= 4 is 59.4 Å². The van der Waals surface area contributed by atoms with Crippen molar-refractivity contribution in [2.24, 2.45) is 10.8 Å². The molecule has 0 saturated heterocycles. The van der Waals surface area contributed by atoms with Crippen LogP contribution in [-0.2, 0) is 30.3 Å². The van der Waals surface area contributed by atoms with Crippen LogP contribution in [0.4, 0.5) is 0 Å². The Bertz CT molecular complexity index is 2130. The van der Waals surface area contributed by atoms with E-state index in [1.165, 1.54) is 42.1 Å². The van der Waals surface area contributed by atoms with E-state index in [-0.39, 0.29) is 47.9 Å². The molecule has 6 rings (SSSR count). The Balaban J connectivity index is 0.000000269. The van der Waals surface area contributed by atoms with Gasteiger partial charge in [0.1, 0.15) is 5.76 Å². The fourth-order valence-corrected chi connectivity index (χ4v) is 8.13. The molecule has 1 radical (unpaired) electrons. The van der Waals surface area contributed by atoms with Crippen molar-refractivity contribution in [3.63, 3.8) is 0 Å². The maximum Gasteiger partial charge on any atom is 0.164 e. The number of carbonyl (C=O) groups excluding carboxylic acids is 1. The molecule has 0 atom stereocenters. The topological polar surface area (TPSA) is 63.1 Å². The predicted molar refractivity (Wildman–Crippen MR) is 212 cm³/mol. The maximum atomic E-state index is 12.2. The van der Waals surface area contributed by atoms with Crippen molar-refractivity contribution in [1.29, 1.82) is 0 Å². The van der Waals surface area contributed by atoms with Crippen molar-refractivity contribution in [2.75, 3.05) is 0 Å². The molecule has 0 amide bonds. The third-order valence-corrected chi connectivity index (χ3v) is 12.6. The van der Waals surface area contributed by atoms with Gasteiger partial charge in [-0.15, -0.1) is 51.8 Å². The number of ketones is 1. The molecule has 0 fully saturated rings. The van der Waals surface area contributed by atoms with Crippen LogP contribution >= 0.6 is 22.7 Å². The van der Waals surface area contributed by atoms with E-state index in [9.17, 15) is 9.90 Å². The van der Waals surface area contributed by atoms with Crippen LogP contribution in [0.25, 0.3) is 52.8 Å². The summed E-state index contributed by atoms with van der Waals surface area (Å²) in [5.74, 6) is 0.286. The SMILES string of the molecule is CC(C)(C)c1cc(-c2nccc3cc(-c4nccc5ccsc45)sc23)[c-]c2ccccc12.CCC(C)(CC)C(=O)/C=C(\O)C(C)(CC)CC.[Ir]. The van der Waals surface area contributed by atoms with Gasteiger partial charge in [0.25, 0.3) is 0 Å². The monoisotopic (exact) mass is 882 g/mol. The summed E-state index contributed by atoms with van der Waals surface area (Å²) in [6.07, 6.45) is 8.57. The fourth-order valence-electron chi connectivity index (χ4n) is 6.00. The van der Waals surface area contributed by atoms with Crippen molar-refractivity contribution < 1.29 is 30.0 Å². The summed E-state index contributed by atoms with van der Waals surface area (Å²) in [5, 5.41) is 17.1. The van der Waals surface area contributed by atoms with E-state index in [0.717, 1.165) is 48.0 Å². The Hall–Kier alpha value is -3.22. The Morgan fingerprint density at radius 3 is 2.06 bits per heavy atom. The van der Waals surface area contributed by atoms with Gasteiger partial charge in [-0.3, -0.25) is 14.8 Å². The van der Waals surface area contributed by atoms with Crippen LogP contribution in [0.2, 0.25) is 0 Å². The minimum absolute atomic E-state index is 0. The van der Waals surface area contributed by atoms with Crippen LogP contribution in [0.1, 0.15) is 93.6 Å². The molecule has 0 saturated carbocycles. The average molecular weight is 882 g/mol. The number of hydrogen-bond acceptors (Lipinski definition) is 6. The molecule has 6 aromatic rings. The number of pyridine rings is 2. The van der Waals surface area contributed by atoms with Gasteiger partial charge in [-0.25, -0.2) is 0 Å². The third kappa shape index (κ3) is 7.97. The van der Waals surface area contributed by atoms with Gasteiger partial charge in [-0.1, -0.05) is 91.5 Å². The van der Waals surface area contributed by atoms with Gasteiger partial charge in [0.05, 0.1) is 15.3 Å². The minimum atomic E-state index is -0.337. The minimum Gasteiger partial charge on any atom is -0.512 e. The van der Waals surface area contributed by atoms with Crippen LogP contribution in [0.5, 0.6) is 0 Å². The second kappa shape index (κ2) is 16.0. The third-order valence-electron chi connectivity index (χ3n) is 10.5. The second-order valence-corrected chi connectivity index (χ2v) is 16.5. The van der Waals surface area contributed by atoms with Gasteiger partial charge in [0.15, 0.2) is 5.78 Å². The summed E-state index contributed by atoms with van der Waals surface area (Å²) >= 11 is 3.52. The Morgan fingerprint density at radius 2 is 1.42 bits per heavy atom. The molecule has 50 heavy (non-hydrogen) atoms. The zero-order chi connectivity index (χ0) is 35.6. The van der Waals surface area contributed by atoms with Gasteiger partial charge in [-0.05, 0) is 71.5 Å². The Kier molecular flexibility index (Phi) is 12.6. The molecule has 0 spiro atoms. The van der Waals surface area contributed by atoms with E-state index in [2.05, 4.69) is 86.8 Å². The number of benzene rings is 2. The summed E-state index contributed by atoms with van der Waals surface area (Å²) in [6, 6.07) is 23.0. The molecular formula is C43H49IrN2O2S2-. The van der Waals surface area contributed by atoms with Crippen LogP contribution < -0.4 is 0 Å². The van der Waals surface area contributed by atoms with E-state index < -0.39 is 0 Å². The smallest absolute Gasteiger partial charge is 0.164 e. The molecule has 4 aromatic heterocycles. The van der Waals surface area contributed by atoms with E-state index >= 15 is 0 Å². The van der Waals surface area contributed by atoms with Crippen LogP contribution in [-0.4, -0.2) is 20.9 Å². The zero-order valence-corrected chi connectivity index (χ0v) is 34.8. The molecule has 1 N–H and O–H groups in total. The van der Waals surface area contributed by atoms with E-state index in [1.54, 1.807) is 22.7 Å². The van der Waals surface area contributed by atoms with Gasteiger partial charge in [-0.2, -0.15) is 0 Å². The number of carbonyl (C=O) groups is 1. The van der Waals surface area contributed by atoms with Gasteiger partial charge in [0, 0.05) is 59.8 Å². The summed E-state index contributed by atoms with van der Waals surface area (Å²) in [7, 11) is 0. The largest absolute Gasteiger partial charge is 0.512 e. The summed E-state index contributed by atoms with van der Waals surface area (Å²) in [6.45, 7) is 18.9. The number of thiophene rings is 2. The number of aliphatic hydroxyl groups excluding tert-OH is 1. The number of hydrogen-bond donors (Lipinski definition) is 1. The second-order valence-electron chi connectivity index (χ2n) is 14.5. The number of fused-ring (bicyclic) bond motifs is 3. The van der Waals surface area contributed by atoms with Gasteiger partial charge >= 0.3 is 0 Å². The molecule has 2 aromatic carbocycles. The van der Waals surface area contributed by atoms with E-state index in [1.807, 2.05) is 53.9 Å².